The minimum absolute atomic E-state index is 0.0956. The van der Waals surface area contributed by atoms with Crippen LogP contribution in [0, 0.1) is 10.1 Å². The van der Waals surface area contributed by atoms with Gasteiger partial charge < -0.3 is 14.5 Å². The Morgan fingerprint density at radius 2 is 2.17 bits per heavy atom. The summed E-state index contributed by atoms with van der Waals surface area (Å²) in [6.45, 7) is 1.71. The van der Waals surface area contributed by atoms with E-state index in [1.807, 2.05) is 0 Å². The molecule has 8 heteroatoms. The van der Waals surface area contributed by atoms with Gasteiger partial charge in [-0.3, -0.25) is 14.9 Å². The summed E-state index contributed by atoms with van der Waals surface area (Å²) in [4.78, 5) is 35.0. The van der Waals surface area contributed by atoms with E-state index >= 15 is 0 Å². The van der Waals surface area contributed by atoms with Crippen LogP contribution < -0.4 is 5.32 Å². The molecule has 8 nitrogen and oxygen atoms in total. The Morgan fingerprint density at radius 3 is 2.79 bits per heavy atom. The second kappa shape index (κ2) is 5.95. The first-order valence-electron chi connectivity index (χ1n) is 7.50. The number of rotatable bonds is 3. The average Bonchev–Trinajstić information content (AvgIpc) is 3.03. The molecule has 0 aromatic carbocycles. The van der Waals surface area contributed by atoms with Crippen LogP contribution in [0.4, 0.5) is 5.88 Å². The number of carbonyl (C=O) groups is 2. The van der Waals surface area contributed by atoms with Gasteiger partial charge in [-0.25, -0.2) is 4.79 Å². The fourth-order valence-electron chi connectivity index (χ4n) is 3.24. The Labute approximate surface area is 137 Å². The maximum absolute atomic E-state index is 12.5. The highest BCUT2D eigenvalue weighted by atomic mass is 16.6. The largest absolute Gasteiger partial charge is 0.466 e. The van der Waals surface area contributed by atoms with Gasteiger partial charge in [0.1, 0.15) is 10.7 Å². The quantitative estimate of drug-likeness (QED) is 0.513. The maximum atomic E-state index is 12.5. The molecule has 1 aromatic heterocycles. The van der Waals surface area contributed by atoms with Crippen molar-refractivity contribution < 1.29 is 23.7 Å². The number of nitrogens with one attached hydrogen (secondary N) is 1. The number of hydrogen-bond acceptors (Lipinski definition) is 7. The summed E-state index contributed by atoms with van der Waals surface area (Å²) in [5.74, 6) is -1.74. The molecule has 24 heavy (non-hydrogen) atoms. The first kappa shape index (κ1) is 16.0. The number of ketones is 1. The van der Waals surface area contributed by atoms with Crippen molar-refractivity contribution in [2.24, 2.45) is 0 Å². The van der Waals surface area contributed by atoms with Crippen molar-refractivity contribution >= 4 is 17.6 Å². The molecule has 3 rings (SSSR count). The van der Waals surface area contributed by atoms with Gasteiger partial charge in [0.05, 0.1) is 24.7 Å². The second-order valence-electron chi connectivity index (χ2n) is 5.69. The number of dihydropyridines is 1. The van der Waals surface area contributed by atoms with Crippen molar-refractivity contribution in [2.75, 3.05) is 7.11 Å². The molecule has 0 amide bonds. The molecule has 0 spiro atoms. The Hall–Kier alpha value is -2.90. The summed E-state index contributed by atoms with van der Waals surface area (Å²) in [5.41, 5.74) is 1.95. The van der Waals surface area contributed by atoms with Crippen molar-refractivity contribution in [1.82, 2.24) is 5.32 Å². The van der Waals surface area contributed by atoms with E-state index in [-0.39, 0.29) is 17.1 Å². The van der Waals surface area contributed by atoms with Crippen LogP contribution >= 0.6 is 0 Å². The number of carbonyl (C=O) groups excluding carboxylic acids is 2. The molecule has 0 radical (unpaired) electrons. The van der Waals surface area contributed by atoms with Gasteiger partial charge in [-0.2, -0.15) is 0 Å². The molecule has 1 aliphatic heterocycles. The highest BCUT2D eigenvalue weighted by Crippen LogP contribution is 2.43. The van der Waals surface area contributed by atoms with Crippen LogP contribution in [0.5, 0.6) is 0 Å². The highest BCUT2D eigenvalue weighted by Gasteiger charge is 2.41. The molecule has 1 aliphatic carbocycles. The molecule has 0 saturated carbocycles. The van der Waals surface area contributed by atoms with Crippen LogP contribution in [0.15, 0.2) is 39.1 Å². The maximum Gasteiger partial charge on any atom is 0.433 e. The number of nitrogens with zero attached hydrogens (tertiary/aromatic N) is 1. The minimum atomic E-state index is -0.796. The molecular formula is C16H16N2O6. The van der Waals surface area contributed by atoms with Gasteiger partial charge in [0, 0.05) is 23.4 Å². The Morgan fingerprint density at radius 1 is 1.42 bits per heavy atom. The van der Waals surface area contributed by atoms with Crippen molar-refractivity contribution in [3.63, 3.8) is 0 Å². The SMILES string of the molecule is COC(=O)C1=C(C)NC2=C(C(=O)CCC2)[C@@H]1c1ccc([N+](=O)[O-])o1. The monoisotopic (exact) mass is 332 g/mol. The number of furan rings is 1. The predicted molar refractivity (Wildman–Crippen MR) is 81.8 cm³/mol. The third kappa shape index (κ3) is 2.49. The number of nitro groups is 1. The molecule has 0 unspecified atom stereocenters. The summed E-state index contributed by atoms with van der Waals surface area (Å²) in [6.07, 6.45) is 1.76. The van der Waals surface area contributed by atoms with E-state index in [2.05, 4.69) is 5.32 Å². The van der Waals surface area contributed by atoms with Gasteiger partial charge in [-0.15, -0.1) is 0 Å². The third-order valence-electron chi connectivity index (χ3n) is 4.26. The van der Waals surface area contributed by atoms with E-state index in [1.54, 1.807) is 6.92 Å². The molecule has 2 heterocycles. The van der Waals surface area contributed by atoms with E-state index in [1.165, 1.54) is 19.2 Å². The molecule has 1 atom stereocenters. The predicted octanol–water partition coefficient (Wildman–Crippen LogP) is 2.33. The Balaban J connectivity index is 2.17. The summed E-state index contributed by atoms with van der Waals surface area (Å²) >= 11 is 0. The summed E-state index contributed by atoms with van der Waals surface area (Å²) in [6, 6.07) is 2.64. The molecular weight excluding hydrogens is 316 g/mol. The zero-order valence-electron chi connectivity index (χ0n) is 13.3. The van der Waals surface area contributed by atoms with E-state index in [0.29, 0.717) is 24.1 Å². The molecule has 126 valence electrons. The topological polar surface area (TPSA) is 112 Å². The van der Waals surface area contributed by atoms with Crippen molar-refractivity contribution in [3.05, 3.63) is 50.5 Å². The van der Waals surface area contributed by atoms with Crippen LogP contribution in [-0.2, 0) is 14.3 Å². The lowest BCUT2D eigenvalue weighted by Gasteiger charge is -2.32. The van der Waals surface area contributed by atoms with Gasteiger partial charge in [0.15, 0.2) is 5.78 Å². The van der Waals surface area contributed by atoms with Gasteiger partial charge in [-0.05, 0) is 25.8 Å². The lowest BCUT2D eigenvalue weighted by Crippen LogP contribution is -2.34. The van der Waals surface area contributed by atoms with Crippen LogP contribution in [0.2, 0.25) is 0 Å². The number of hydrogen-bond donors (Lipinski definition) is 1. The number of methoxy groups -OCH3 is 1. The van der Waals surface area contributed by atoms with E-state index in [4.69, 9.17) is 9.15 Å². The molecule has 1 N–H and O–H groups in total. The van der Waals surface area contributed by atoms with Crippen LogP contribution in [0.1, 0.15) is 37.9 Å². The van der Waals surface area contributed by atoms with Gasteiger partial charge in [-0.1, -0.05) is 0 Å². The molecule has 0 fully saturated rings. The standard InChI is InChI=1S/C16H16N2O6/c1-8-13(16(20)23-2)15(11-6-7-12(24-11)18(21)22)14-9(17-8)4-3-5-10(14)19/h6-7,15,17H,3-5H2,1-2H3/t15-/m1/s1. The first-order chi connectivity index (χ1) is 11.4. The minimum Gasteiger partial charge on any atom is -0.466 e. The van der Waals surface area contributed by atoms with Crippen LogP contribution in [0.25, 0.3) is 0 Å². The molecule has 1 aromatic rings. The number of ether oxygens (including phenoxy) is 1. The number of esters is 1. The zero-order chi connectivity index (χ0) is 17.4. The smallest absolute Gasteiger partial charge is 0.433 e. The van der Waals surface area contributed by atoms with Crippen molar-refractivity contribution in [1.29, 1.82) is 0 Å². The Kier molecular flexibility index (Phi) is 3.96. The van der Waals surface area contributed by atoms with Crippen LogP contribution in [-0.4, -0.2) is 23.8 Å². The third-order valence-corrected chi connectivity index (χ3v) is 4.26. The normalized spacial score (nSPS) is 20.6. The molecule has 0 bridgehead atoms. The van der Waals surface area contributed by atoms with Gasteiger partial charge >= 0.3 is 11.9 Å². The summed E-state index contributed by atoms with van der Waals surface area (Å²) in [7, 11) is 1.25. The lowest BCUT2D eigenvalue weighted by molar-refractivity contribution is -0.402. The van der Waals surface area contributed by atoms with Crippen molar-refractivity contribution in [3.8, 4) is 0 Å². The fraction of sp³-hybridized carbons (Fsp3) is 0.375. The van der Waals surface area contributed by atoms with Crippen molar-refractivity contribution in [2.45, 2.75) is 32.1 Å². The first-order valence-corrected chi connectivity index (χ1v) is 7.50. The molecule has 0 saturated heterocycles. The highest BCUT2D eigenvalue weighted by molar-refractivity contribution is 6.03. The average molecular weight is 332 g/mol. The van der Waals surface area contributed by atoms with Gasteiger partial charge in [0.25, 0.3) is 0 Å². The van der Waals surface area contributed by atoms with E-state index in [0.717, 1.165) is 12.1 Å². The second-order valence-corrected chi connectivity index (χ2v) is 5.69. The van der Waals surface area contributed by atoms with Crippen LogP contribution in [0.3, 0.4) is 0 Å². The lowest BCUT2D eigenvalue weighted by atomic mass is 9.77. The number of allylic oxidation sites excluding steroid dienone is 3. The van der Waals surface area contributed by atoms with Gasteiger partial charge in [0.2, 0.25) is 0 Å². The number of Topliss-reactive ketones (excluding diaryl/α,β-unsaturated/α-hetero) is 1. The summed E-state index contributed by atoms with van der Waals surface area (Å²) < 4.78 is 10.1. The van der Waals surface area contributed by atoms with E-state index < -0.39 is 22.7 Å². The zero-order valence-corrected chi connectivity index (χ0v) is 13.3. The summed E-state index contributed by atoms with van der Waals surface area (Å²) in [5, 5.41) is 14.0. The van der Waals surface area contributed by atoms with E-state index in [9.17, 15) is 19.7 Å². The fourth-order valence-corrected chi connectivity index (χ4v) is 3.24. The molecule has 2 aliphatic rings. The Bertz CT molecular complexity index is 801.